The van der Waals surface area contributed by atoms with Crippen LogP contribution in [0.15, 0.2) is 18.3 Å². The van der Waals surface area contributed by atoms with Crippen molar-refractivity contribution >= 4 is 28.8 Å². The van der Waals surface area contributed by atoms with Gasteiger partial charge >= 0.3 is 0 Å². The van der Waals surface area contributed by atoms with Crippen molar-refractivity contribution in [3.05, 3.63) is 34.1 Å². The van der Waals surface area contributed by atoms with Gasteiger partial charge in [0.25, 0.3) is 0 Å². The SMILES string of the molecule is Clc1cc(C2=CC[C@@H]3CCCN[C@H]23)cnc1Cl. The van der Waals surface area contributed by atoms with Gasteiger partial charge in [-0.15, -0.1) is 0 Å². The minimum atomic E-state index is 0.377. The molecule has 4 heteroatoms. The molecule has 1 aliphatic carbocycles. The summed E-state index contributed by atoms with van der Waals surface area (Å²) >= 11 is 11.9. The van der Waals surface area contributed by atoms with E-state index in [1.54, 1.807) is 0 Å². The predicted octanol–water partition coefficient (Wildman–Crippen LogP) is 3.54. The van der Waals surface area contributed by atoms with Crippen LogP contribution < -0.4 is 5.32 Å². The molecule has 1 aromatic rings. The summed E-state index contributed by atoms with van der Waals surface area (Å²) in [5.74, 6) is 0.744. The molecule has 1 aromatic heterocycles. The van der Waals surface area contributed by atoms with E-state index in [-0.39, 0.29) is 0 Å². The molecule has 1 aliphatic heterocycles. The lowest BCUT2D eigenvalue weighted by molar-refractivity contribution is 0.346. The molecule has 17 heavy (non-hydrogen) atoms. The minimum Gasteiger partial charge on any atom is -0.310 e. The normalized spacial score (nSPS) is 27.8. The zero-order chi connectivity index (χ0) is 11.8. The lowest BCUT2D eigenvalue weighted by Gasteiger charge is -2.29. The standard InChI is InChI=1S/C13H14Cl2N2/c14-11-6-9(7-17-13(11)15)10-4-3-8-2-1-5-16-12(8)10/h4,6-8,12,16H,1-3,5H2/t8-,12-/m0/s1. The molecule has 1 fully saturated rings. The minimum absolute atomic E-state index is 0.377. The predicted molar refractivity (Wildman–Crippen MR) is 71.4 cm³/mol. The smallest absolute Gasteiger partial charge is 0.147 e. The van der Waals surface area contributed by atoms with Gasteiger partial charge in [0.15, 0.2) is 0 Å². The number of nitrogens with zero attached hydrogens (tertiary/aromatic N) is 1. The van der Waals surface area contributed by atoms with E-state index in [1.807, 2.05) is 12.3 Å². The lowest BCUT2D eigenvalue weighted by atomic mass is 9.89. The van der Waals surface area contributed by atoms with Gasteiger partial charge in [0, 0.05) is 12.2 Å². The van der Waals surface area contributed by atoms with E-state index in [0.29, 0.717) is 16.2 Å². The molecule has 3 rings (SSSR count). The zero-order valence-electron chi connectivity index (χ0n) is 9.42. The van der Waals surface area contributed by atoms with Crippen LogP contribution in [0.1, 0.15) is 24.8 Å². The summed E-state index contributed by atoms with van der Waals surface area (Å²) in [4.78, 5) is 4.13. The number of allylic oxidation sites excluding steroid dienone is 1. The maximum atomic E-state index is 6.03. The van der Waals surface area contributed by atoms with E-state index in [9.17, 15) is 0 Å². The second-order valence-corrected chi connectivity index (χ2v) is 5.49. The van der Waals surface area contributed by atoms with Gasteiger partial charge in [0.1, 0.15) is 5.15 Å². The zero-order valence-corrected chi connectivity index (χ0v) is 10.9. The molecular weight excluding hydrogens is 255 g/mol. The molecule has 0 saturated carbocycles. The third kappa shape index (κ3) is 2.10. The fourth-order valence-electron chi connectivity index (χ4n) is 2.85. The summed E-state index contributed by atoms with van der Waals surface area (Å²) < 4.78 is 0. The second-order valence-electron chi connectivity index (χ2n) is 4.73. The molecule has 1 saturated heterocycles. The molecule has 2 aliphatic rings. The summed E-state index contributed by atoms with van der Waals surface area (Å²) in [6.07, 6.45) is 7.88. The van der Waals surface area contributed by atoms with Crippen molar-refractivity contribution in [2.45, 2.75) is 25.3 Å². The number of rotatable bonds is 1. The molecule has 0 aromatic carbocycles. The van der Waals surface area contributed by atoms with Crippen molar-refractivity contribution in [2.75, 3.05) is 6.54 Å². The number of fused-ring (bicyclic) bond motifs is 1. The maximum absolute atomic E-state index is 6.03. The third-order valence-electron chi connectivity index (χ3n) is 3.69. The Balaban J connectivity index is 1.91. The Morgan fingerprint density at radius 2 is 2.24 bits per heavy atom. The fourth-order valence-corrected chi connectivity index (χ4v) is 3.12. The average molecular weight is 269 g/mol. The number of nitrogens with one attached hydrogen (secondary N) is 1. The van der Waals surface area contributed by atoms with Crippen LogP contribution >= 0.6 is 23.2 Å². The highest BCUT2D eigenvalue weighted by atomic mass is 35.5. The topological polar surface area (TPSA) is 24.9 Å². The van der Waals surface area contributed by atoms with E-state index in [4.69, 9.17) is 23.2 Å². The number of hydrogen-bond acceptors (Lipinski definition) is 2. The van der Waals surface area contributed by atoms with Crippen molar-refractivity contribution in [3.8, 4) is 0 Å². The first-order valence-electron chi connectivity index (χ1n) is 6.00. The first kappa shape index (κ1) is 11.5. The monoisotopic (exact) mass is 268 g/mol. The fraction of sp³-hybridized carbons (Fsp3) is 0.462. The Hall–Kier alpha value is -0.570. The number of piperidine rings is 1. The molecule has 0 amide bonds. The molecular formula is C13H14Cl2N2. The van der Waals surface area contributed by atoms with Crippen LogP contribution in [0.2, 0.25) is 10.2 Å². The first-order valence-corrected chi connectivity index (χ1v) is 6.76. The molecule has 0 radical (unpaired) electrons. The van der Waals surface area contributed by atoms with Crippen molar-refractivity contribution in [2.24, 2.45) is 5.92 Å². The second kappa shape index (κ2) is 4.60. The van der Waals surface area contributed by atoms with Crippen molar-refractivity contribution in [1.29, 1.82) is 0 Å². The Labute approximate surface area is 111 Å². The Kier molecular flexibility index (Phi) is 3.12. The molecule has 1 N–H and O–H groups in total. The molecule has 0 unspecified atom stereocenters. The van der Waals surface area contributed by atoms with E-state index >= 15 is 0 Å². The Morgan fingerprint density at radius 1 is 1.35 bits per heavy atom. The van der Waals surface area contributed by atoms with Gasteiger partial charge in [-0.3, -0.25) is 0 Å². The Bertz CT molecular complexity index is 470. The summed E-state index contributed by atoms with van der Waals surface area (Å²) in [5, 5.41) is 4.50. The molecule has 2 heterocycles. The number of halogens is 2. The summed E-state index contributed by atoms with van der Waals surface area (Å²) in [5.41, 5.74) is 2.43. The van der Waals surface area contributed by atoms with Crippen LogP contribution in [-0.4, -0.2) is 17.6 Å². The maximum Gasteiger partial charge on any atom is 0.147 e. The van der Waals surface area contributed by atoms with Crippen LogP contribution in [0, 0.1) is 5.92 Å². The van der Waals surface area contributed by atoms with Crippen LogP contribution in [-0.2, 0) is 0 Å². The first-order chi connectivity index (χ1) is 8.25. The largest absolute Gasteiger partial charge is 0.310 e. The number of hydrogen-bond donors (Lipinski definition) is 1. The van der Waals surface area contributed by atoms with Gasteiger partial charge in [0.05, 0.1) is 5.02 Å². The summed E-state index contributed by atoms with van der Waals surface area (Å²) in [7, 11) is 0. The number of pyridine rings is 1. The highest BCUT2D eigenvalue weighted by Crippen LogP contribution is 2.38. The van der Waals surface area contributed by atoms with Crippen LogP contribution in [0.5, 0.6) is 0 Å². The van der Waals surface area contributed by atoms with Crippen molar-refractivity contribution in [3.63, 3.8) is 0 Å². The molecule has 90 valence electrons. The van der Waals surface area contributed by atoms with Crippen molar-refractivity contribution < 1.29 is 0 Å². The van der Waals surface area contributed by atoms with Gasteiger partial charge in [-0.2, -0.15) is 0 Å². The van der Waals surface area contributed by atoms with Crippen LogP contribution in [0.3, 0.4) is 0 Å². The van der Waals surface area contributed by atoms with Crippen LogP contribution in [0.25, 0.3) is 5.57 Å². The van der Waals surface area contributed by atoms with Gasteiger partial charge in [-0.25, -0.2) is 4.98 Å². The Morgan fingerprint density at radius 3 is 3.06 bits per heavy atom. The van der Waals surface area contributed by atoms with Crippen LogP contribution in [0.4, 0.5) is 0 Å². The highest BCUT2D eigenvalue weighted by Gasteiger charge is 2.32. The third-order valence-corrected chi connectivity index (χ3v) is 4.38. The van der Waals surface area contributed by atoms with E-state index < -0.39 is 0 Å². The summed E-state index contributed by atoms with van der Waals surface area (Å²) in [6.45, 7) is 1.10. The highest BCUT2D eigenvalue weighted by molar-refractivity contribution is 6.41. The van der Waals surface area contributed by atoms with Gasteiger partial charge in [0.2, 0.25) is 0 Å². The van der Waals surface area contributed by atoms with Gasteiger partial charge < -0.3 is 5.32 Å². The van der Waals surface area contributed by atoms with E-state index in [0.717, 1.165) is 24.4 Å². The average Bonchev–Trinajstić information content (AvgIpc) is 2.76. The molecule has 0 bridgehead atoms. The quantitative estimate of drug-likeness (QED) is 0.789. The van der Waals surface area contributed by atoms with Gasteiger partial charge in [-0.1, -0.05) is 29.3 Å². The van der Waals surface area contributed by atoms with E-state index in [1.165, 1.54) is 18.4 Å². The van der Waals surface area contributed by atoms with E-state index in [2.05, 4.69) is 16.4 Å². The molecule has 2 nitrogen and oxygen atoms in total. The number of aromatic nitrogens is 1. The van der Waals surface area contributed by atoms with Crippen molar-refractivity contribution in [1.82, 2.24) is 10.3 Å². The summed E-state index contributed by atoms with van der Waals surface area (Å²) in [6, 6.07) is 2.39. The molecule has 2 atom stereocenters. The molecule has 0 spiro atoms. The van der Waals surface area contributed by atoms with Gasteiger partial charge in [-0.05, 0) is 48.9 Å². The lowest BCUT2D eigenvalue weighted by Crippen LogP contribution is -2.39.